The molecule has 3 rings (SSSR count). The predicted octanol–water partition coefficient (Wildman–Crippen LogP) is 6.14. The number of hydrogen-bond acceptors (Lipinski definition) is 5. The van der Waals surface area contributed by atoms with Crippen molar-refractivity contribution in [1.29, 1.82) is 10.5 Å². The first-order valence-corrected chi connectivity index (χ1v) is 10.4. The molecule has 3 aromatic rings. The van der Waals surface area contributed by atoms with Crippen molar-refractivity contribution in [3.8, 4) is 23.3 Å². The molecular formula is C23H19ClN4S. The third kappa shape index (κ3) is 4.38. The molecule has 0 aliphatic heterocycles. The molecule has 2 N–H and O–H groups in total. The molecule has 0 aliphatic rings. The van der Waals surface area contributed by atoms with Crippen LogP contribution in [0.3, 0.4) is 0 Å². The molecule has 0 unspecified atom stereocenters. The predicted molar refractivity (Wildman–Crippen MR) is 119 cm³/mol. The maximum absolute atomic E-state index is 9.89. The number of nitrogen functional groups attached to an aromatic ring is 1. The molecule has 0 spiro atoms. The Hall–Kier alpha value is -2.99. The third-order valence-electron chi connectivity index (χ3n) is 4.60. The molecule has 1 heterocycles. The Morgan fingerprint density at radius 2 is 1.69 bits per heavy atom. The summed E-state index contributed by atoms with van der Waals surface area (Å²) in [5.41, 5.74) is 10.1. The molecule has 144 valence electrons. The van der Waals surface area contributed by atoms with Crippen LogP contribution in [0.25, 0.3) is 11.1 Å². The highest BCUT2D eigenvalue weighted by atomic mass is 35.5. The third-order valence-corrected chi connectivity index (χ3v) is 6.00. The van der Waals surface area contributed by atoms with Gasteiger partial charge in [-0.1, -0.05) is 67.9 Å². The van der Waals surface area contributed by atoms with Crippen molar-refractivity contribution < 1.29 is 0 Å². The molecule has 0 fully saturated rings. The van der Waals surface area contributed by atoms with Crippen LogP contribution < -0.4 is 5.73 Å². The zero-order chi connectivity index (χ0) is 21.0. The second kappa shape index (κ2) is 9.01. The van der Waals surface area contributed by atoms with Crippen molar-refractivity contribution in [2.24, 2.45) is 0 Å². The van der Waals surface area contributed by atoms with Crippen LogP contribution >= 0.6 is 23.4 Å². The summed E-state index contributed by atoms with van der Waals surface area (Å²) < 4.78 is 0. The first-order chi connectivity index (χ1) is 14.0. The van der Waals surface area contributed by atoms with Crippen LogP contribution in [0.15, 0.2) is 53.6 Å². The van der Waals surface area contributed by atoms with Crippen molar-refractivity contribution in [1.82, 2.24) is 4.98 Å². The van der Waals surface area contributed by atoms with E-state index in [0.717, 1.165) is 11.1 Å². The van der Waals surface area contributed by atoms with E-state index >= 15 is 0 Å². The number of benzene rings is 2. The van der Waals surface area contributed by atoms with Crippen molar-refractivity contribution in [2.75, 3.05) is 5.73 Å². The molecule has 1 aromatic heterocycles. The molecule has 4 nitrogen and oxygen atoms in total. The van der Waals surface area contributed by atoms with Gasteiger partial charge in [-0.3, -0.25) is 0 Å². The van der Waals surface area contributed by atoms with Gasteiger partial charge in [0.25, 0.3) is 0 Å². The lowest BCUT2D eigenvalue weighted by Crippen LogP contribution is -2.03. The van der Waals surface area contributed by atoms with Crippen molar-refractivity contribution >= 4 is 29.2 Å². The molecule has 6 heteroatoms. The van der Waals surface area contributed by atoms with Gasteiger partial charge < -0.3 is 5.73 Å². The van der Waals surface area contributed by atoms with E-state index in [-0.39, 0.29) is 11.4 Å². The Morgan fingerprint density at radius 3 is 2.28 bits per heavy atom. The van der Waals surface area contributed by atoms with Crippen LogP contribution in [0, 0.1) is 22.7 Å². The molecule has 0 atom stereocenters. The summed E-state index contributed by atoms with van der Waals surface area (Å²) in [7, 11) is 0. The van der Waals surface area contributed by atoms with E-state index in [2.05, 4.69) is 31.0 Å². The molecule has 0 radical (unpaired) electrons. The summed E-state index contributed by atoms with van der Waals surface area (Å²) in [5, 5.41) is 20.7. The van der Waals surface area contributed by atoms with Gasteiger partial charge in [0.1, 0.15) is 28.5 Å². The van der Waals surface area contributed by atoms with Gasteiger partial charge >= 0.3 is 0 Å². The number of hydrogen-bond donors (Lipinski definition) is 1. The zero-order valence-corrected chi connectivity index (χ0v) is 17.7. The fourth-order valence-corrected chi connectivity index (χ4v) is 4.27. The number of nitriles is 2. The smallest absolute Gasteiger partial charge is 0.143 e. The van der Waals surface area contributed by atoms with Gasteiger partial charge in [0, 0.05) is 16.3 Å². The van der Waals surface area contributed by atoms with E-state index in [9.17, 15) is 10.5 Å². The number of aromatic nitrogens is 1. The van der Waals surface area contributed by atoms with Crippen molar-refractivity contribution in [3.63, 3.8) is 0 Å². The number of nitrogens with two attached hydrogens (primary N) is 1. The lowest BCUT2D eigenvalue weighted by molar-refractivity contribution is 0.867. The van der Waals surface area contributed by atoms with Gasteiger partial charge in [-0.2, -0.15) is 10.5 Å². The van der Waals surface area contributed by atoms with Crippen LogP contribution in [0.2, 0.25) is 5.02 Å². The van der Waals surface area contributed by atoms with Gasteiger partial charge in [-0.25, -0.2) is 4.98 Å². The average Bonchev–Trinajstić information content (AvgIpc) is 2.72. The van der Waals surface area contributed by atoms with Crippen molar-refractivity contribution in [3.05, 3.63) is 75.8 Å². The van der Waals surface area contributed by atoms with E-state index < -0.39 is 0 Å². The number of nitrogens with zero attached hydrogens (tertiary/aromatic N) is 3. The Kier molecular flexibility index (Phi) is 6.44. The molecule has 2 aromatic carbocycles. The summed E-state index contributed by atoms with van der Waals surface area (Å²) in [5.74, 6) is 1.05. The maximum atomic E-state index is 9.89. The van der Waals surface area contributed by atoms with E-state index in [1.54, 1.807) is 0 Å². The van der Waals surface area contributed by atoms with Crippen LogP contribution in [0.1, 0.15) is 42.0 Å². The molecule has 0 bridgehead atoms. The monoisotopic (exact) mass is 418 g/mol. The summed E-state index contributed by atoms with van der Waals surface area (Å²) in [6.07, 6.45) is 0. The van der Waals surface area contributed by atoms with E-state index in [1.165, 1.54) is 17.3 Å². The second-order valence-electron chi connectivity index (χ2n) is 6.81. The first-order valence-electron chi connectivity index (χ1n) is 9.06. The summed E-state index contributed by atoms with van der Waals surface area (Å²) in [6.45, 7) is 4.23. The highest BCUT2D eigenvalue weighted by Gasteiger charge is 2.21. The normalized spacial score (nSPS) is 10.6. The first kappa shape index (κ1) is 20.7. The SMILES string of the molecule is CC(C)c1ccc(-c2c(C#N)c(N)nc(SCc3ccccc3Cl)c2C#N)cc1. The van der Waals surface area contributed by atoms with Crippen LogP contribution in [-0.2, 0) is 5.75 Å². The van der Waals surface area contributed by atoms with Crippen molar-refractivity contribution in [2.45, 2.75) is 30.5 Å². The Bertz CT molecular complexity index is 1130. The summed E-state index contributed by atoms with van der Waals surface area (Å²) in [6, 6.07) is 19.8. The molecule has 0 saturated heterocycles. The zero-order valence-electron chi connectivity index (χ0n) is 16.1. The minimum Gasteiger partial charge on any atom is -0.383 e. The molecule has 0 saturated carbocycles. The maximum Gasteiger partial charge on any atom is 0.143 e. The van der Waals surface area contributed by atoms with Gasteiger partial charge in [-0.05, 0) is 28.7 Å². The minimum absolute atomic E-state index is 0.121. The van der Waals surface area contributed by atoms with E-state index in [1.807, 2.05) is 48.5 Å². The lowest BCUT2D eigenvalue weighted by Gasteiger charge is -2.14. The number of rotatable bonds is 5. The highest BCUT2D eigenvalue weighted by molar-refractivity contribution is 7.98. The Labute approximate surface area is 180 Å². The lowest BCUT2D eigenvalue weighted by atomic mass is 9.94. The Balaban J connectivity index is 2.09. The molecule has 29 heavy (non-hydrogen) atoms. The molecular weight excluding hydrogens is 400 g/mol. The number of thioether (sulfide) groups is 1. The van der Waals surface area contributed by atoms with Crippen LogP contribution in [0.5, 0.6) is 0 Å². The van der Waals surface area contributed by atoms with Gasteiger partial charge in [-0.15, -0.1) is 11.8 Å². The van der Waals surface area contributed by atoms with E-state index in [4.69, 9.17) is 17.3 Å². The van der Waals surface area contributed by atoms with Crippen LogP contribution in [0.4, 0.5) is 5.82 Å². The minimum atomic E-state index is 0.121. The molecule has 0 aliphatic carbocycles. The summed E-state index contributed by atoms with van der Waals surface area (Å²) in [4.78, 5) is 4.34. The molecule has 0 amide bonds. The van der Waals surface area contributed by atoms with Gasteiger partial charge in [0.15, 0.2) is 0 Å². The number of halogens is 1. The largest absolute Gasteiger partial charge is 0.383 e. The van der Waals surface area contributed by atoms with Gasteiger partial charge in [0.2, 0.25) is 0 Å². The fraction of sp³-hybridized carbons (Fsp3) is 0.174. The quantitative estimate of drug-likeness (QED) is 0.502. The fourth-order valence-electron chi connectivity index (χ4n) is 2.99. The summed E-state index contributed by atoms with van der Waals surface area (Å²) >= 11 is 7.63. The Morgan fingerprint density at radius 1 is 1.03 bits per heavy atom. The topological polar surface area (TPSA) is 86.5 Å². The van der Waals surface area contributed by atoms with Crippen LogP contribution in [-0.4, -0.2) is 4.98 Å². The standard InChI is InChI=1S/C23H19ClN4S/c1-14(2)15-7-9-16(10-8-15)21-18(11-25)22(27)28-23(19(21)12-26)29-13-17-5-3-4-6-20(17)24/h3-10,14H,13H2,1-2H3,(H2,27,28). The highest BCUT2D eigenvalue weighted by Crippen LogP contribution is 2.37. The number of pyridine rings is 1. The second-order valence-corrected chi connectivity index (χ2v) is 8.18. The number of anilines is 1. The van der Waals surface area contributed by atoms with Gasteiger partial charge in [0.05, 0.1) is 5.56 Å². The van der Waals surface area contributed by atoms with E-state index in [0.29, 0.717) is 32.8 Å². The average molecular weight is 419 g/mol.